The molecule has 4 nitrogen and oxygen atoms in total. The predicted octanol–water partition coefficient (Wildman–Crippen LogP) is 3.30. The van der Waals surface area contributed by atoms with Crippen LogP contribution in [0.15, 0.2) is 42.5 Å². The van der Waals surface area contributed by atoms with Crippen LogP contribution in [0, 0.1) is 17.7 Å². The van der Waals surface area contributed by atoms with E-state index in [2.05, 4.69) is 17.2 Å². The van der Waals surface area contributed by atoms with E-state index in [9.17, 15) is 9.18 Å². The van der Waals surface area contributed by atoms with Gasteiger partial charge in [-0.15, -0.1) is 0 Å². The standard InChI is InChI=1S/C18H15ClFNO3/c1-23-15-9-2-3-10-16(15)24-12-5-4-11-21-18(22)17-13(19)7-6-8-14(17)20/h2-3,6-10H,11-12H2,1H3,(H,21,22). The molecule has 0 bridgehead atoms. The summed E-state index contributed by atoms with van der Waals surface area (Å²) in [6.07, 6.45) is 0. The van der Waals surface area contributed by atoms with Crippen LogP contribution < -0.4 is 14.8 Å². The molecule has 6 heteroatoms. The molecule has 0 aliphatic carbocycles. The highest BCUT2D eigenvalue weighted by Crippen LogP contribution is 2.25. The Morgan fingerprint density at radius 2 is 1.92 bits per heavy atom. The molecule has 0 aromatic heterocycles. The summed E-state index contributed by atoms with van der Waals surface area (Å²) in [6.45, 7) is 0.190. The molecule has 0 heterocycles. The van der Waals surface area contributed by atoms with Crippen LogP contribution >= 0.6 is 11.6 Å². The fraction of sp³-hybridized carbons (Fsp3) is 0.167. The number of rotatable bonds is 5. The number of methoxy groups -OCH3 is 1. The van der Waals surface area contributed by atoms with E-state index in [1.807, 2.05) is 12.1 Å². The lowest BCUT2D eigenvalue weighted by molar-refractivity contribution is 0.0955. The first kappa shape index (κ1) is 17.6. The third kappa shape index (κ3) is 4.64. The maximum atomic E-state index is 13.6. The molecular weight excluding hydrogens is 333 g/mol. The first-order valence-corrected chi connectivity index (χ1v) is 7.45. The number of hydrogen-bond acceptors (Lipinski definition) is 3. The number of para-hydroxylation sites is 2. The van der Waals surface area contributed by atoms with Crippen molar-refractivity contribution in [3.05, 3.63) is 58.9 Å². The van der Waals surface area contributed by atoms with Crippen LogP contribution in [0.1, 0.15) is 10.4 Å². The van der Waals surface area contributed by atoms with Crippen LogP contribution in [0.3, 0.4) is 0 Å². The normalized spacial score (nSPS) is 9.62. The summed E-state index contributed by atoms with van der Waals surface area (Å²) in [5.74, 6) is 5.38. The second-order valence-corrected chi connectivity index (χ2v) is 4.98. The molecule has 124 valence electrons. The second-order valence-electron chi connectivity index (χ2n) is 4.57. The first-order chi connectivity index (χ1) is 11.6. The Kier molecular flexibility index (Phi) is 6.47. The fourth-order valence-corrected chi connectivity index (χ4v) is 2.14. The summed E-state index contributed by atoms with van der Waals surface area (Å²) in [6, 6.07) is 11.3. The maximum Gasteiger partial charge on any atom is 0.256 e. The number of nitrogens with one attached hydrogen (secondary N) is 1. The fourth-order valence-electron chi connectivity index (χ4n) is 1.89. The summed E-state index contributed by atoms with van der Waals surface area (Å²) in [5.41, 5.74) is -0.189. The van der Waals surface area contributed by atoms with Crippen molar-refractivity contribution in [2.24, 2.45) is 0 Å². The first-order valence-electron chi connectivity index (χ1n) is 7.07. The van der Waals surface area contributed by atoms with E-state index in [1.165, 1.54) is 18.2 Å². The van der Waals surface area contributed by atoms with Gasteiger partial charge in [-0.05, 0) is 24.3 Å². The van der Waals surface area contributed by atoms with Crippen molar-refractivity contribution < 1.29 is 18.7 Å². The van der Waals surface area contributed by atoms with Gasteiger partial charge in [0.15, 0.2) is 11.5 Å². The van der Waals surface area contributed by atoms with Crippen molar-refractivity contribution in [3.8, 4) is 23.3 Å². The number of benzene rings is 2. The van der Waals surface area contributed by atoms with Gasteiger partial charge in [-0.2, -0.15) is 0 Å². The lowest BCUT2D eigenvalue weighted by Crippen LogP contribution is -2.25. The van der Waals surface area contributed by atoms with Crippen molar-refractivity contribution in [2.75, 3.05) is 20.3 Å². The van der Waals surface area contributed by atoms with Crippen LogP contribution in [0.5, 0.6) is 11.5 Å². The number of halogens is 2. The third-order valence-electron chi connectivity index (χ3n) is 3.02. The average molecular weight is 348 g/mol. The number of ether oxygens (including phenoxy) is 2. The minimum Gasteiger partial charge on any atom is -0.493 e. The largest absolute Gasteiger partial charge is 0.493 e. The Morgan fingerprint density at radius 1 is 1.17 bits per heavy atom. The number of hydrogen-bond donors (Lipinski definition) is 1. The Labute approximate surface area is 144 Å². The molecule has 0 saturated heterocycles. The van der Waals surface area contributed by atoms with E-state index in [-0.39, 0.29) is 23.7 Å². The minimum absolute atomic E-state index is 0.0543. The number of carbonyl (C=O) groups is 1. The Bertz CT molecular complexity index is 763. The maximum absolute atomic E-state index is 13.6. The highest BCUT2D eigenvalue weighted by atomic mass is 35.5. The van der Waals surface area contributed by atoms with Gasteiger partial charge in [-0.3, -0.25) is 4.79 Å². The van der Waals surface area contributed by atoms with Gasteiger partial charge < -0.3 is 14.8 Å². The zero-order valence-corrected chi connectivity index (χ0v) is 13.7. The molecule has 24 heavy (non-hydrogen) atoms. The van der Waals surface area contributed by atoms with Crippen molar-refractivity contribution in [1.29, 1.82) is 0 Å². The van der Waals surface area contributed by atoms with E-state index < -0.39 is 11.7 Å². The van der Waals surface area contributed by atoms with Crippen LogP contribution in [0.25, 0.3) is 0 Å². The van der Waals surface area contributed by atoms with Crippen LogP contribution in [0.2, 0.25) is 5.02 Å². The van der Waals surface area contributed by atoms with Crippen LogP contribution in [-0.4, -0.2) is 26.2 Å². The molecule has 2 aromatic rings. The second kappa shape index (κ2) is 8.80. The minimum atomic E-state index is -0.674. The average Bonchev–Trinajstić information content (AvgIpc) is 2.58. The Balaban J connectivity index is 1.83. The Hall–Kier alpha value is -2.71. The molecular formula is C18H15ClFNO3. The van der Waals surface area contributed by atoms with E-state index in [0.29, 0.717) is 11.5 Å². The van der Waals surface area contributed by atoms with Gasteiger partial charge in [0.25, 0.3) is 5.91 Å². The molecule has 0 atom stereocenters. The Morgan fingerprint density at radius 3 is 2.62 bits per heavy atom. The summed E-state index contributed by atoms with van der Waals surface area (Å²) in [4.78, 5) is 11.9. The molecule has 2 aromatic carbocycles. The number of amides is 1. The zero-order valence-electron chi connectivity index (χ0n) is 12.9. The molecule has 0 radical (unpaired) electrons. The SMILES string of the molecule is COc1ccccc1OCC#CCNC(=O)c1c(F)cccc1Cl. The molecule has 0 saturated carbocycles. The summed E-state index contributed by atoms with van der Waals surface area (Å²) < 4.78 is 24.2. The van der Waals surface area contributed by atoms with E-state index >= 15 is 0 Å². The van der Waals surface area contributed by atoms with E-state index in [4.69, 9.17) is 21.1 Å². The smallest absolute Gasteiger partial charge is 0.256 e. The summed E-state index contributed by atoms with van der Waals surface area (Å²) in [7, 11) is 1.55. The molecule has 0 fully saturated rings. The zero-order chi connectivity index (χ0) is 17.4. The lowest BCUT2D eigenvalue weighted by Gasteiger charge is -2.07. The molecule has 1 amide bonds. The van der Waals surface area contributed by atoms with Gasteiger partial charge >= 0.3 is 0 Å². The van der Waals surface area contributed by atoms with Gasteiger partial charge in [0, 0.05) is 0 Å². The topological polar surface area (TPSA) is 47.6 Å². The summed E-state index contributed by atoms with van der Waals surface area (Å²) >= 11 is 5.81. The number of carbonyl (C=O) groups excluding carboxylic acids is 1. The molecule has 0 aliphatic heterocycles. The monoisotopic (exact) mass is 347 g/mol. The quantitative estimate of drug-likeness (QED) is 0.844. The van der Waals surface area contributed by atoms with Crippen molar-refractivity contribution in [2.45, 2.75) is 0 Å². The van der Waals surface area contributed by atoms with Crippen molar-refractivity contribution >= 4 is 17.5 Å². The summed E-state index contributed by atoms with van der Waals surface area (Å²) in [5, 5.41) is 2.54. The third-order valence-corrected chi connectivity index (χ3v) is 3.34. The highest BCUT2D eigenvalue weighted by Gasteiger charge is 2.14. The van der Waals surface area contributed by atoms with Gasteiger partial charge in [0.2, 0.25) is 0 Å². The molecule has 0 unspecified atom stereocenters. The van der Waals surface area contributed by atoms with Crippen LogP contribution in [-0.2, 0) is 0 Å². The predicted molar refractivity (Wildman–Crippen MR) is 90.0 cm³/mol. The molecule has 0 aliphatic rings. The van der Waals surface area contributed by atoms with Gasteiger partial charge in [-0.25, -0.2) is 4.39 Å². The molecule has 0 spiro atoms. The van der Waals surface area contributed by atoms with Crippen molar-refractivity contribution in [1.82, 2.24) is 5.32 Å². The van der Waals surface area contributed by atoms with Crippen molar-refractivity contribution in [3.63, 3.8) is 0 Å². The van der Waals surface area contributed by atoms with E-state index in [0.717, 1.165) is 0 Å². The molecule has 1 N–H and O–H groups in total. The van der Waals surface area contributed by atoms with E-state index in [1.54, 1.807) is 19.2 Å². The van der Waals surface area contributed by atoms with Gasteiger partial charge in [0.05, 0.1) is 24.2 Å². The molecule has 2 rings (SSSR count). The lowest BCUT2D eigenvalue weighted by atomic mass is 10.2. The van der Waals surface area contributed by atoms with Gasteiger partial charge in [-0.1, -0.05) is 41.6 Å². The van der Waals surface area contributed by atoms with Crippen LogP contribution in [0.4, 0.5) is 4.39 Å². The van der Waals surface area contributed by atoms with Gasteiger partial charge in [0.1, 0.15) is 12.4 Å². The highest BCUT2D eigenvalue weighted by molar-refractivity contribution is 6.33.